The Labute approximate surface area is 115 Å². The van der Waals surface area contributed by atoms with Crippen LogP contribution in [0.3, 0.4) is 0 Å². The lowest BCUT2D eigenvalue weighted by molar-refractivity contribution is -0.149. The Bertz CT molecular complexity index is 408. The van der Waals surface area contributed by atoms with Crippen LogP contribution in [0.2, 0.25) is 0 Å². The van der Waals surface area contributed by atoms with E-state index >= 15 is 0 Å². The van der Waals surface area contributed by atoms with Crippen molar-refractivity contribution in [2.24, 2.45) is 0 Å². The molecular formula is C13H17BrO4. The molecule has 18 heavy (non-hydrogen) atoms. The van der Waals surface area contributed by atoms with Crippen molar-refractivity contribution >= 4 is 21.9 Å². The smallest absolute Gasteiger partial charge is 0.318 e. The van der Waals surface area contributed by atoms with Crippen molar-refractivity contribution in [1.29, 1.82) is 0 Å². The number of esters is 1. The van der Waals surface area contributed by atoms with Crippen LogP contribution in [-0.4, -0.2) is 38.0 Å². The maximum atomic E-state index is 12.0. The van der Waals surface area contributed by atoms with E-state index in [1.165, 1.54) is 7.11 Å². The zero-order valence-electron chi connectivity index (χ0n) is 10.5. The molecule has 4 nitrogen and oxygen atoms in total. The highest BCUT2D eigenvalue weighted by Crippen LogP contribution is 2.28. The van der Waals surface area contributed by atoms with Crippen LogP contribution in [-0.2, 0) is 19.7 Å². The number of aliphatic hydroxyl groups excluding tert-OH is 1. The van der Waals surface area contributed by atoms with Crippen LogP contribution < -0.4 is 0 Å². The van der Waals surface area contributed by atoms with Gasteiger partial charge in [0.05, 0.1) is 26.9 Å². The van der Waals surface area contributed by atoms with Gasteiger partial charge in [-0.1, -0.05) is 28.1 Å². The van der Waals surface area contributed by atoms with Gasteiger partial charge in [0.1, 0.15) is 5.41 Å². The van der Waals surface area contributed by atoms with Crippen LogP contribution in [0.15, 0.2) is 28.7 Å². The normalized spacial score (nSPS) is 14.0. The molecule has 100 valence electrons. The predicted molar refractivity (Wildman–Crippen MR) is 71.4 cm³/mol. The van der Waals surface area contributed by atoms with Crippen LogP contribution in [0.1, 0.15) is 12.5 Å². The fourth-order valence-corrected chi connectivity index (χ4v) is 2.06. The van der Waals surface area contributed by atoms with E-state index in [1.54, 1.807) is 6.92 Å². The number of carbonyl (C=O) groups is 1. The highest BCUT2D eigenvalue weighted by Gasteiger charge is 2.37. The van der Waals surface area contributed by atoms with Crippen molar-refractivity contribution in [2.75, 3.05) is 26.9 Å². The molecule has 1 atom stereocenters. The monoisotopic (exact) mass is 316 g/mol. The van der Waals surface area contributed by atoms with Gasteiger partial charge in [-0.3, -0.25) is 4.79 Å². The largest absolute Gasteiger partial charge is 0.468 e. The van der Waals surface area contributed by atoms with Crippen LogP contribution in [0.5, 0.6) is 0 Å². The minimum atomic E-state index is -0.881. The summed E-state index contributed by atoms with van der Waals surface area (Å²) in [5.41, 5.74) is -0.0742. The molecule has 0 aromatic heterocycles. The first kappa shape index (κ1) is 15.1. The number of rotatable bonds is 6. The third-order valence-corrected chi connectivity index (χ3v) is 3.22. The van der Waals surface area contributed by atoms with Gasteiger partial charge < -0.3 is 14.6 Å². The third kappa shape index (κ3) is 3.54. The van der Waals surface area contributed by atoms with Gasteiger partial charge in [0.25, 0.3) is 0 Å². The number of methoxy groups -OCH3 is 1. The van der Waals surface area contributed by atoms with E-state index in [-0.39, 0.29) is 25.8 Å². The summed E-state index contributed by atoms with van der Waals surface area (Å²) in [5, 5.41) is 8.72. The van der Waals surface area contributed by atoms with Gasteiger partial charge in [-0.15, -0.1) is 0 Å². The van der Waals surface area contributed by atoms with Crippen LogP contribution in [0, 0.1) is 0 Å². The Morgan fingerprint density at radius 2 is 2.22 bits per heavy atom. The molecule has 1 rings (SSSR count). The summed E-state index contributed by atoms with van der Waals surface area (Å²) in [6.07, 6.45) is 0. The first-order valence-electron chi connectivity index (χ1n) is 5.57. The van der Waals surface area contributed by atoms with Crippen molar-refractivity contribution in [2.45, 2.75) is 12.3 Å². The fraction of sp³-hybridized carbons (Fsp3) is 0.462. The molecule has 0 saturated carbocycles. The lowest BCUT2D eigenvalue weighted by Crippen LogP contribution is -2.38. The summed E-state index contributed by atoms with van der Waals surface area (Å²) in [6, 6.07) is 7.45. The molecule has 0 fully saturated rings. The second-order valence-corrected chi connectivity index (χ2v) is 5.03. The Hall–Kier alpha value is -0.910. The van der Waals surface area contributed by atoms with Gasteiger partial charge in [0, 0.05) is 4.47 Å². The zero-order valence-corrected chi connectivity index (χ0v) is 12.1. The number of benzene rings is 1. The number of carbonyl (C=O) groups excluding carboxylic acids is 1. The summed E-state index contributed by atoms with van der Waals surface area (Å²) in [7, 11) is 1.35. The van der Waals surface area contributed by atoms with Gasteiger partial charge in [-0.05, 0) is 24.6 Å². The molecule has 1 unspecified atom stereocenters. The summed E-state index contributed by atoms with van der Waals surface area (Å²) >= 11 is 3.37. The lowest BCUT2D eigenvalue weighted by atomic mass is 9.83. The molecule has 0 spiro atoms. The Balaban J connectivity index is 3.00. The average Bonchev–Trinajstić information content (AvgIpc) is 2.37. The molecule has 0 heterocycles. The first-order chi connectivity index (χ1) is 8.54. The SMILES string of the molecule is COC(=O)C(C)(COCCO)c1cccc(Br)c1. The quantitative estimate of drug-likeness (QED) is 0.643. The number of ether oxygens (including phenoxy) is 2. The molecule has 1 aromatic carbocycles. The number of hydrogen-bond donors (Lipinski definition) is 1. The minimum absolute atomic E-state index is 0.0737. The van der Waals surface area contributed by atoms with Gasteiger partial charge in [-0.25, -0.2) is 0 Å². The highest BCUT2D eigenvalue weighted by atomic mass is 79.9. The lowest BCUT2D eigenvalue weighted by Gasteiger charge is -2.27. The number of hydrogen-bond acceptors (Lipinski definition) is 4. The topological polar surface area (TPSA) is 55.8 Å². The first-order valence-corrected chi connectivity index (χ1v) is 6.37. The molecular weight excluding hydrogens is 300 g/mol. The molecule has 0 aliphatic heterocycles. The fourth-order valence-electron chi connectivity index (χ4n) is 1.66. The second kappa shape index (κ2) is 6.87. The summed E-state index contributed by atoms with van der Waals surface area (Å²) < 4.78 is 11.0. The zero-order chi connectivity index (χ0) is 13.6. The second-order valence-electron chi connectivity index (χ2n) is 4.11. The van der Waals surface area contributed by atoms with Gasteiger partial charge in [-0.2, -0.15) is 0 Å². The van der Waals surface area contributed by atoms with Crippen LogP contribution in [0.4, 0.5) is 0 Å². The number of halogens is 1. The summed E-state index contributed by atoms with van der Waals surface area (Å²) in [4.78, 5) is 12.0. The van der Waals surface area contributed by atoms with Crippen molar-refractivity contribution in [3.63, 3.8) is 0 Å². The number of aliphatic hydroxyl groups is 1. The molecule has 0 aliphatic rings. The summed E-state index contributed by atoms with van der Waals surface area (Å²) in [5.74, 6) is -0.362. The van der Waals surface area contributed by atoms with E-state index in [0.29, 0.717) is 0 Å². The van der Waals surface area contributed by atoms with Crippen LogP contribution >= 0.6 is 15.9 Å². The van der Waals surface area contributed by atoms with E-state index in [1.807, 2.05) is 24.3 Å². The molecule has 0 saturated heterocycles. The van der Waals surface area contributed by atoms with Crippen molar-refractivity contribution in [1.82, 2.24) is 0 Å². The van der Waals surface area contributed by atoms with E-state index in [9.17, 15) is 4.79 Å². The minimum Gasteiger partial charge on any atom is -0.468 e. The van der Waals surface area contributed by atoms with E-state index in [0.717, 1.165) is 10.0 Å². The standard InChI is InChI=1S/C13H17BrO4/c1-13(12(16)17-2,9-18-7-6-15)10-4-3-5-11(14)8-10/h3-5,8,15H,6-7,9H2,1-2H3. The molecule has 0 aliphatic carbocycles. The Kier molecular flexibility index (Phi) is 5.78. The van der Waals surface area contributed by atoms with Crippen molar-refractivity contribution in [3.05, 3.63) is 34.3 Å². The maximum absolute atomic E-state index is 12.0. The molecule has 5 heteroatoms. The van der Waals surface area contributed by atoms with Gasteiger partial charge in [0.15, 0.2) is 0 Å². The molecule has 1 aromatic rings. The maximum Gasteiger partial charge on any atom is 0.318 e. The van der Waals surface area contributed by atoms with Gasteiger partial charge in [0.2, 0.25) is 0 Å². The summed E-state index contributed by atoms with van der Waals surface area (Å²) in [6.45, 7) is 2.05. The molecule has 0 amide bonds. The van der Waals surface area contributed by atoms with E-state index in [2.05, 4.69) is 15.9 Å². The van der Waals surface area contributed by atoms with Gasteiger partial charge >= 0.3 is 5.97 Å². The third-order valence-electron chi connectivity index (χ3n) is 2.72. The molecule has 0 radical (unpaired) electrons. The Morgan fingerprint density at radius 1 is 1.50 bits per heavy atom. The predicted octanol–water partition coefficient (Wildman–Crippen LogP) is 1.89. The average molecular weight is 317 g/mol. The Morgan fingerprint density at radius 3 is 2.78 bits per heavy atom. The highest BCUT2D eigenvalue weighted by molar-refractivity contribution is 9.10. The van der Waals surface area contributed by atoms with E-state index in [4.69, 9.17) is 14.6 Å². The molecule has 1 N–H and O–H groups in total. The van der Waals surface area contributed by atoms with Crippen LogP contribution in [0.25, 0.3) is 0 Å². The van der Waals surface area contributed by atoms with Crippen molar-refractivity contribution < 1.29 is 19.4 Å². The van der Waals surface area contributed by atoms with E-state index < -0.39 is 5.41 Å². The van der Waals surface area contributed by atoms with Crippen molar-refractivity contribution in [3.8, 4) is 0 Å². The molecule has 0 bridgehead atoms.